The second-order valence-corrected chi connectivity index (χ2v) is 6.23. The van der Waals surface area contributed by atoms with Crippen molar-refractivity contribution in [1.82, 2.24) is 10.2 Å². The first kappa shape index (κ1) is 16.7. The van der Waals surface area contributed by atoms with Crippen LogP contribution < -0.4 is 5.56 Å². The molecule has 1 aromatic heterocycles. The standard InChI is InChI=1S/C24H18N2O/c1-3-16-10-7-13-20(18(16)4-2)22-15-25-26-24(27)23(22)21-14-8-11-17-9-5-6-12-19(17)21/h3-15H,1-2H2,(H,26,27). The number of fused-ring (bicyclic) bond motifs is 1. The molecule has 1 heterocycles. The molecule has 0 atom stereocenters. The largest absolute Gasteiger partial charge is 0.272 e. The zero-order valence-electron chi connectivity index (χ0n) is 14.8. The van der Waals surface area contributed by atoms with Gasteiger partial charge in [0.15, 0.2) is 0 Å². The maximum atomic E-state index is 12.8. The van der Waals surface area contributed by atoms with Crippen molar-refractivity contribution in [2.75, 3.05) is 0 Å². The van der Waals surface area contributed by atoms with Gasteiger partial charge in [0.1, 0.15) is 0 Å². The van der Waals surface area contributed by atoms with Crippen molar-refractivity contribution in [3.05, 3.63) is 101 Å². The van der Waals surface area contributed by atoms with Gasteiger partial charge in [-0.25, -0.2) is 5.10 Å². The predicted octanol–water partition coefficient (Wildman–Crippen LogP) is 5.54. The summed E-state index contributed by atoms with van der Waals surface area (Å²) in [6.45, 7) is 7.83. The van der Waals surface area contributed by atoms with Crippen LogP contribution in [0.1, 0.15) is 11.1 Å². The summed E-state index contributed by atoms with van der Waals surface area (Å²) in [6.07, 6.45) is 5.28. The highest BCUT2D eigenvalue weighted by atomic mass is 16.1. The highest BCUT2D eigenvalue weighted by Gasteiger charge is 2.17. The molecule has 0 aliphatic carbocycles. The van der Waals surface area contributed by atoms with E-state index in [1.54, 1.807) is 18.3 Å². The molecule has 27 heavy (non-hydrogen) atoms. The summed E-state index contributed by atoms with van der Waals surface area (Å²) in [6, 6.07) is 19.9. The Kier molecular flexibility index (Phi) is 4.27. The van der Waals surface area contributed by atoms with E-state index in [0.29, 0.717) is 5.56 Å². The van der Waals surface area contributed by atoms with Crippen molar-refractivity contribution < 1.29 is 0 Å². The molecular weight excluding hydrogens is 332 g/mol. The van der Waals surface area contributed by atoms with Gasteiger partial charge in [0.25, 0.3) is 5.56 Å². The van der Waals surface area contributed by atoms with E-state index >= 15 is 0 Å². The Bertz CT molecular complexity index is 1230. The van der Waals surface area contributed by atoms with E-state index in [9.17, 15) is 4.79 Å². The fourth-order valence-electron chi connectivity index (χ4n) is 3.54. The Labute approximate surface area is 157 Å². The fraction of sp³-hybridized carbons (Fsp3) is 0. The van der Waals surface area contributed by atoms with Gasteiger partial charge in [-0.3, -0.25) is 4.79 Å². The Morgan fingerprint density at radius 2 is 1.56 bits per heavy atom. The Hall–Kier alpha value is -3.72. The van der Waals surface area contributed by atoms with Crippen LogP contribution in [-0.4, -0.2) is 10.2 Å². The SMILES string of the molecule is C=Cc1cccc(-c2cn[nH]c(=O)c2-c2cccc3ccccc23)c1C=C. The average molecular weight is 350 g/mol. The minimum atomic E-state index is -0.220. The van der Waals surface area contributed by atoms with Crippen molar-refractivity contribution in [1.29, 1.82) is 0 Å². The normalized spacial score (nSPS) is 10.7. The third-order valence-electron chi connectivity index (χ3n) is 4.77. The van der Waals surface area contributed by atoms with E-state index in [4.69, 9.17) is 0 Å². The van der Waals surface area contributed by atoms with Crippen molar-refractivity contribution in [2.45, 2.75) is 0 Å². The second kappa shape index (κ2) is 6.89. The quantitative estimate of drug-likeness (QED) is 0.525. The molecule has 130 valence electrons. The van der Waals surface area contributed by atoms with Gasteiger partial charge in [-0.05, 0) is 33.0 Å². The topological polar surface area (TPSA) is 45.8 Å². The minimum absolute atomic E-state index is 0.220. The van der Waals surface area contributed by atoms with Crippen LogP contribution in [0.2, 0.25) is 0 Å². The maximum Gasteiger partial charge on any atom is 0.272 e. The van der Waals surface area contributed by atoms with Gasteiger partial charge < -0.3 is 0 Å². The highest BCUT2D eigenvalue weighted by molar-refractivity contribution is 6.00. The van der Waals surface area contributed by atoms with Crippen LogP contribution in [0.3, 0.4) is 0 Å². The van der Waals surface area contributed by atoms with Crippen LogP contribution in [0.15, 0.2) is 84.8 Å². The molecule has 0 aliphatic heterocycles. The lowest BCUT2D eigenvalue weighted by atomic mass is 9.90. The van der Waals surface area contributed by atoms with Gasteiger partial charge in [0, 0.05) is 5.56 Å². The molecule has 0 spiro atoms. The van der Waals surface area contributed by atoms with Gasteiger partial charge in [-0.2, -0.15) is 5.10 Å². The summed E-state index contributed by atoms with van der Waals surface area (Å²) < 4.78 is 0. The highest BCUT2D eigenvalue weighted by Crippen LogP contribution is 2.36. The monoisotopic (exact) mass is 350 g/mol. The number of aromatic nitrogens is 2. The second-order valence-electron chi connectivity index (χ2n) is 6.23. The molecule has 3 nitrogen and oxygen atoms in total. The molecule has 0 fully saturated rings. The first-order valence-electron chi connectivity index (χ1n) is 8.68. The summed E-state index contributed by atoms with van der Waals surface area (Å²) in [5, 5.41) is 8.76. The van der Waals surface area contributed by atoms with E-state index in [1.807, 2.05) is 60.7 Å². The molecule has 4 rings (SSSR count). The number of benzene rings is 3. The molecule has 0 bridgehead atoms. The lowest BCUT2D eigenvalue weighted by Crippen LogP contribution is -2.12. The van der Waals surface area contributed by atoms with Crippen LogP contribution in [-0.2, 0) is 0 Å². The first-order chi connectivity index (χ1) is 13.2. The number of aromatic amines is 1. The molecule has 0 saturated heterocycles. The lowest BCUT2D eigenvalue weighted by Gasteiger charge is -2.14. The Balaban J connectivity index is 2.10. The van der Waals surface area contributed by atoms with Crippen molar-refractivity contribution in [3.8, 4) is 22.3 Å². The minimum Gasteiger partial charge on any atom is -0.267 e. The molecule has 0 amide bonds. The third kappa shape index (κ3) is 2.79. The van der Waals surface area contributed by atoms with Crippen molar-refractivity contribution >= 4 is 22.9 Å². The summed E-state index contributed by atoms with van der Waals surface area (Å²) in [4.78, 5) is 12.8. The van der Waals surface area contributed by atoms with Crippen molar-refractivity contribution in [2.24, 2.45) is 0 Å². The van der Waals surface area contributed by atoms with Crippen LogP contribution in [0, 0.1) is 0 Å². The number of hydrogen-bond acceptors (Lipinski definition) is 2. The van der Waals surface area contributed by atoms with Crippen LogP contribution in [0.4, 0.5) is 0 Å². The summed E-state index contributed by atoms with van der Waals surface area (Å²) in [7, 11) is 0. The molecule has 1 N–H and O–H groups in total. The Morgan fingerprint density at radius 3 is 2.37 bits per heavy atom. The third-order valence-corrected chi connectivity index (χ3v) is 4.77. The number of nitrogens with one attached hydrogen (secondary N) is 1. The predicted molar refractivity (Wildman–Crippen MR) is 113 cm³/mol. The van der Waals surface area contributed by atoms with E-state index in [1.165, 1.54) is 0 Å². The van der Waals surface area contributed by atoms with E-state index < -0.39 is 0 Å². The number of H-pyrrole nitrogens is 1. The summed E-state index contributed by atoms with van der Waals surface area (Å²) >= 11 is 0. The van der Waals surface area contributed by atoms with E-state index in [-0.39, 0.29) is 5.56 Å². The number of nitrogens with zero attached hydrogens (tertiary/aromatic N) is 1. The molecule has 0 radical (unpaired) electrons. The van der Waals surface area contributed by atoms with Crippen LogP contribution in [0.5, 0.6) is 0 Å². The van der Waals surface area contributed by atoms with Gasteiger partial charge >= 0.3 is 0 Å². The first-order valence-corrected chi connectivity index (χ1v) is 8.68. The zero-order chi connectivity index (χ0) is 18.8. The molecular formula is C24H18N2O. The molecule has 3 heteroatoms. The number of rotatable bonds is 4. The van der Waals surface area contributed by atoms with Gasteiger partial charge in [0.05, 0.1) is 11.8 Å². The Morgan fingerprint density at radius 1 is 0.815 bits per heavy atom. The molecule has 0 aliphatic rings. The molecule has 3 aromatic carbocycles. The van der Waals surface area contributed by atoms with E-state index in [0.717, 1.165) is 38.6 Å². The lowest BCUT2D eigenvalue weighted by molar-refractivity contribution is 0.994. The van der Waals surface area contributed by atoms with E-state index in [2.05, 4.69) is 23.4 Å². The van der Waals surface area contributed by atoms with Crippen LogP contribution in [0.25, 0.3) is 45.2 Å². The van der Waals surface area contributed by atoms with Gasteiger partial charge in [0.2, 0.25) is 0 Å². The molecule has 0 unspecified atom stereocenters. The van der Waals surface area contributed by atoms with Crippen molar-refractivity contribution in [3.63, 3.8) is 0 Å². The molecule has 4 aromatic rings. The van der Waals surface area contributed by atoms with Crippen LogP contribution >= 0.6 is 0 Å². The summed E-state index contributed by atoms with van der Waals surface area (Å²) in [5.41, 5.74) is 4.84. The summed E-state index contributed by atoms with van der Waals surface area (Å²) in [5.74, 6) is 0. The maximum absolute atomic E-state index is 12.8. The average Bonchev–Trinajstić information content (AvgIpc) is 2.72. The molecule has 0 saturated carbocycles. The fourth-order valence-corrected chi connectivity index (χ4v) is 3.54. The number of hydrogen-bond donors (Lipinski definition) is 1. The zero-order valence-corrected chi connectivity index (χ0v) is 14.8. The van der Waals surface area contributed by atoms with Gasteiger partial charge in [-0.15, -0.1) is 0 Å². The smallest absolute Gasteiger partial charge is 0.267 e. The van der Waals surface area contributed by atoms with Gasteiger partial charge in [-0.1, -0.05) is 86.0 Å².